The summed E-state index contributed by atoms with van der Waals surface area (Å²) in [5, 5.41) is 5.23. The fraction of sp³-hybridized carbons (Fsp3) is 0.500. The van der Waals surface area contributed by atoms with E-state index in [0.717, 1.165) is 6.07 Å². The Hall–Kier alpha value is -1.76. The number of rotatable bonds is 3. The van der Waals surface area contributed by atoms with E-state index in [4.69, 9.17) is 4.74 Å². The topological polar surface area (TPSA) is 50.4 Å². The molecule has 0 radical (unpaired) electrons. The molecular weight excluding hydrogens is 285 g/mol. The van der Waals surface area contributed by atoms with Crippen molar-refractivity contribution in [3.05, 3.63) is 29.3 Å². The number of alkyl halides is 3. The molecule has 1 aliphatic heterocycles. The number of amides is 1. The number of carbonyl (C=O) groups excluding carboxylic acids is 1. The number of halogens is 3. The van der Waals surface area contributed by atoms with Crippen molar-refractivity contribution in [3.63, 3.8) is 0 Å². The lowest BCUT2D eigenvalue weighted by Crippen LogP contribution is -2.39. The highest BCUT2D eigenvalue weighted by Gasteiger charge is 2.34. The first-order chi connectivity index (χ1) is 9.91. The Kier molecular flexibility index (Phi) is 4.72. The molecule has 7 heteroatoms. The van der Waals surface area contributed by atoms with Gasteiger partial charge >= 0.3 is 6.18 Å². The summed E-state index contributed by atoms with van der Waals surface area (Å²) in [6.45, 7) is 1.11. The molecule has 0 saturated carbocycles. The van der Waals surface area contributed by atoms with Crippen LogP contribution in [-0.4, -0.2) is 32.2 Å². The molecule has 1 aliphatic rings. The van der Waals surface area contributed by atoms with Crippen LogP contribution in [0.15, 0.2) is 18.2 Å². The smallest absolute Gasteiger partial charge is 0.388 e. The first kappa shape index (κ1) is 15.6. The van der Waals surface area contributed by atoms with Crippen molar-refractivity contribution in [2.45, 2.75) is 25.1 Å². The first-order valence-corrected chi connectivity index (χ1v) is 6.69. The Morgan fingerprint density at radius 3 is 2.52 bits per heavy atom. The summed E-state index contributed by atoms with van der Waals surface area (Å²) in [6.07, 6.45) is -3.16. The zero-order chi connectivity index (χ0) is 15.5. The quantitative estimate of drug-likeness (QED) is 0.902. The maximum Gasteiger partial charge on any atom is 0.418 e. The molecule has 1 aromatic carbocycles. The van der Waals surface area contributed by atoms with Gasteiger partial charge in [0.05, 0.1) is 5.56 Å². The average molecular weight is 302 g/mol. The molecule has 2 N–H and O–H groups in total. The van der Waals surface area contributed by atoms with E-state index in [2.05, 4.69) is 10.6 Å². The lowest BCUT2D eigenvalue weighted by molar-refractivity contribution is -0.136. The second-order valence-electron chi connectivity index (χ2n) is 4.87. The van der Waals surface area contributed by atoms with Crippen molar-refractivity contribution in [1.29, 1.82) is 0 Å². The third-order valence-corrected chi connectivity index (χ3v) is 3.41. The van der Waals surface area contributed by atoms with Gasteiger partial charge in [-0.3, -0.25) is 4.79 Å². The van der Waals surface area contributed by atoms with Crippen LogP contribution in [0.4, 0.5) is 18.9 Å². The van der Waals surface area contributed by atoms with Crippen LogP contribution in [-0.2, 0) is 10.9 Å². The molecule has 0 aliphatic carbocycles. The van der Waals surface area contributed by atoms with E-state index >= 15 is 0 Å². The van der Waals surface area contributed by atoms with Crippen LogP contribution in [0.2, 0.25) is 0 Å². The largest absolute Gasteiger partial charge is 0.418 e. The van der Waals surface area contributed by atoms with Crippen LogP contribution in [0.5, 0.6) is 0 Å². The van der Waals surface area contributed by atoms with E-state index in [1.54, 1.807) is 0 Å². The lowest BCUT2D eigenvalue weighted by Gasteiger charge is -2.23. The third kappa shape index (κ3) is 3.87. The summed E-state index contributed by atoms with van der Waals surface area (Å²) in [4.78, 5) is 12.1. The molecule has 0 unspecified atom stereocenters. The first-order valence-electron chi connectivity index (χ1n) is 6.69. The average Bonchev–Trinajstić information content (AvgIpc) is 2.46. The van der Waals surface area contributed by atoms with E-state index < -0.39 is 17.6 Å². The van der Waals surface area contributed by atoms with Crippen LogP contribution < -0.4 is 10.6 Å². The molecule has 1 amide bonds. The molecule has 0 bridgehead atoms. The van der Waals surface area contributed by atoms with Gasteiger partial charge in [0.1, 0.15) is 0 Å². The summed E-state index contributed by atoms with van der Waals surface area (Å²) in [5.41, 5.74) is -0.887. The van der Waals surface area contributed by atoms with E-state index in [-0.39, 0.29) is 17.3 Å². The molecule has 21 heavy (non-hydrogen) atoms. The predicted molar refractivity (Wildman–Crippen MR) is 72.3 cm³/mol. The second-order valence-corrected chi connectivity index (χ2v) is 4.87. The Labute approximate surface area is 120 Å². The number of nitrogens with one attached hydrogen (secondary N) is 2. The second kappa shape index (κ2) is 6.34. The van der Waals surface area contributed by atoms with Crippen molar-refractivity contribution in [2.24, 2.45) is 0 Å². The summed E-state index contributed by atoms with van der Waals surface area (Å²) in [7, 11) is 1.41. The van der Waals surface area contributed by atoms with Gasteiger partial charge in [0, 0.05) is 37.6 Å². The summed E-state index contributed by atoms with van der Waals surface area (Å²) in [5.74, 6) is -0.491. The van der Waals surface area contributed by atoms with E-state index in [9.17, 15) is 18.0 Å². The number of carbonyl (C=O) groups is 1. The van der Waals surface area contributed by atoms with Crippen LogP contribution in [0.25, 0.3) is 0 Å². The van der Waals surface area contributed by atoms with Gasteiger partial charge in [0.25, 0.3) is 5.91 Å². The fourth-order valence-corrected chi connectivity index (χ4v) is 2.25. The van der Waals surface area contributed by atoms with Crippen molar-refractivity contribution in [1.82, 2.24) is 5.32 Å². The maximum atomic E-state index is 12.9. The number of hydrogen-bond donors (Lipinski definition) is 2. The highest BCUT2D eigenvalue weighted by molar-refractivity contribution is 5.95. The molecule has 0 spiro atoms. The molecule has 1 fully saturated rings. The van der Waals surface area contributed by atoms with Crippen LogP contribution in [0.1, 0.15) is 28.8 Å². The highest BCUT2D eigenvalue weighted by Crippen LogP contribution is 2.35. The predicted octanol–water partition coefficient (Wildman–Crippen LogP) is 2.66. The van der Waals surface area contributed by atoms with Crippen LogP contribution >= 0.6 is 0 Å². The number of hydrogen-bond acceptors (Lipinski definition) is 3. The monoisotopic (exact) mass is 302 g/mol. The molecule has 1 aromatic rings. The molecular formula is C14H17F3N2O2. The minimum absolute atomic E-state index is 0.00724. The van der Waals surface area contributed by atoms with Crippen molar-refractivity contribution < 1.29 is 22.7 Å². The maximum absolute atomic E-state index is 12.9. The molecule has 4 nitrogen and oxygen atoms in total. The van der Waals surface area contributed by atoms with Gasteiger partial charge < -0.3 is 15.4 Å². The molecule has 0 aromatic heterocycles. The zero-order valence-corrected chi connectivity index (χ0v) is 11.6. The molecule has 1 heterocycles. The van der Waals surface area contributed by atoms with Crippen LogP contribution in [0.3, 0.4) is 0 Å². The third-order valence-electron chi connectivity index (χ3n) is 3.41. The van der Waals surface area contributed by atoms with Gasteiger partial charge in [0.15, 0.2) is 0 Å². The molecule has 0 atom stereocenters. The number of anilines is 1. The fourth-order valence-electron chi connectivity index (χ4n) is 2.25. The Bertz CT molecular complexity index is 511. The minimum Gasteiger partial charge on any atom is -0.388 e. The van der Waals surface area contributed by atoms with Crippen molar-refractivity contribution in [2.75, 3.05) is 25.6 Å². The highest BCUT2D eigenvalue weighted by atomic mass is 19.4. The van der Waals surface area contributed by atoms with E-state index in [1.807, 2.05) is 0 Å². The normalized spacial score (nSPS) is 16.6. The number of ether oxygens (including phenoxy) is 1. The summed E-state index contributed by atoms with van der Waals surface area (Å²) < 4.78 is 44.0. The van der Waals surface area contributed by atoms with Gasteiger partial charge in [-0.2, -0.15) is 13.2 Å². The molecule has 1 saturated heterocycles. The van der Waals surface area contributed by atoms with E-state index in [1.165, 1.54) is 19.2 Å². The van der Waals surface area contributed by atoms with Crippen molar-refractivity contribution in [3.8, 4) is 0 Å². The molecule has 2 rings (SSSR count). The Morgan fingerprint density at radius 2 is 1.95 bits per heavy atom. The summed E-state index contributed by atoms with van der Waals surface area (Å²) in [6, 6.07) is 3.47. The molecule has 116 valence electrons. The lowest BCUT2D eigenvalue weighted by atomic mass is 10.1. The van der Waals surface area contributed by atoms with E-state index in [0.29, 0.717) is 26.1 Å². The van der Waals surface area contributed by atoms with Gasteiger partial charge in [-0.15, -0.1) is 0 Å². The standard InChI is InChI=1S/C14H17F3N2O2/c1-18-12-3-2-9(8-11(12)14(15,16)17)13(20)19-10-4-6-21-7-5-10/h2-3,8,10,18H,4-7H2,1H3,(H,19,20). The van der Waals surface area contributed by atoms with Crippen molar-refractivity contribution >= 4 is 11.6 Å². The van der Waals surface area contributed by atoms with Crippen LogP contribution in [0, 0.1) is 0 Å². The summed E-state index contributed by atoms with van der Waals surface area (Å²) >= 11 is 0. The SMILES string of the molecule is CNc1ccc(C(=O)NC2CCOCC2)cc1C(F)(F)F. The minimum atomic E-state index is -4.51. The Balaban J connectivity index is 2.17. The van der Waals surface area contributed by atoms with Gasteiger partial charge in [0.2, 0.25) is 0 Å². The number of benzene rings is 1. The Morgan fingerprint density at radius 1 is 1.29 bits per heavy atom. The van der Waals surface area contributed by atoms with Gasteiger partial charge in [-0.25, -0.2) is 0 Å². The van der Waals surface area contributed by atoms with Gasteiger partial charge in [-0.05, 0) is 31.0 Å². The van der Waals surface area contributed by atoms with Gasteiger partial charge in [-0.1, -0.05) is 0 Å². The zero-order valence-electron chi connectivity index (χ0n) is 11.6.